The molecule has 0 aromatic rings. The first-order valence-electron chi connectivity index (χ1n) is 8.13. The first kappa shape index (κ1) is 16.0. The number of allylic oxidation sites excluding steroid dienone is 10. The molecule has 0 N–H and O–H groups in total. The zero-order chi connectivity index (χ0) is 16.8. The van der Waals surface area contributed by atoms with Gasteiger partial charge < -0.3 is 9.80 Å². The average molecular weight is 321 g/mol. The van der Waals surface area contributed by atoms with Gasteiger partial charge in [-0.15, -0.1) is 0 Å². The van der Waals surface area contributed by atoms with Gasteiger partial charge in [0.2, 0.25) is 0 Å². The van der Waals surface area contributed by atoms with Gasteiger partial charge in [0, 0.05) is 43.5 Å². The van der Waals surface area contributed by atoms with Gasteiger partial charge in [-0.25, -0.2) is 0 Å². The van der Waals surface area contributed by atoms with Crippen LogP contribution in [0.1, 0.15) is 6.92 Å². The highest BCUT2D eigenvalue weighted by Gasteiger charge is 2.11. The molecule has 2 aliphatic heterocycles. The van der Waals surface area contributed by atoms with Gasteiger partial charge in [0.15, 0.2) is 5.78 Å². The molecular weight excluding hydrogens is 300 g/mol. The zero-order valence-electron chi connectivity index (χ0n) is 13.8. The maximum absolute atomic E-state index is 11.0. The molecule has 4 heteroatoms. The number of carbonyl (C=O) groups excluding carboxylic acids is 2. The highest BCUT2D eigenvalue weighted by molar-refractivity contribution is 6.14. The van der Waals surface area contributed by atoms with E-state index >= 15 is 0 Å². The van der Waals surface area contributed by atoms with Crippen LogP contribution in [0.2, 0.25) is 0 Å². The Balaban J connectivity index is 1.53. The third-order valence-electron chi connectivity index (χ3n) is 3.92. The summed E-state index contributed by atoms with van der Waals surface area (Å²) in [6, 6.07) is 0. The fraction of sp³-hybridized carbons (Fsp3) is 0.200. The predicted molar refractivity (Wildman–Crippen MR) is 95.8 cm³/mol. The van der Waals surface area contributed by atoms with Crippen LogP contribution >= 0.6 is 0 Å². The molecule has 0 bridgehead atoms. The van der Waals surface area contributed by atoms with E-state index in [0.29, 0.717) is 6.61 Å². The highest BCUT2D eigenvalue weighted by Crippen LogP contribution is 2.19. The van der Waals surface area contributed by atoms with Crippen LogP contribution in [0, 0.1) is 0 Å². The van der Waals surface area contributed by atoms with E-state index < -0.39 is 0 Å². The van der Waals surface area contributed by atoms with Gasteiger partial charge in [0.1, 0.15) is 6.54 Å². The van der Waals surface area contributed by atoms with Gasteiger partial charge in [0.05, 0.1) is 0 Å². The van der Waals surface area contributed by atoms with E-state index in [0.717, 1.165) is 18.9 Å². The zero-order valence-corrected chi connectivity index (χ0v) is 13.8. The van der Waals surface area contributed by atoms with Gasteiger partial charge in [-0.1, -0.05) is 0 Å². The SMILES string of the molecule is CCN1C=CC(=C2C=CN(CC[O+]=C3C=CC(=O)C=C3)C=C2)C=C1. The first-order chi connectivity index (χ1) is 11.7. The lowest BCUT2D eigenvalue weighted by molar-refractivity contribution is -0.454. The Kier molecular flexibility index (Phi) is 5.06. The van der Waals surface area contributed by atoms with Gasteiger partial charge in [-0.3, -0.25) is 9.22 Å². The Morgan fingerprint density at radius 3 is 1.88 bits per heavy atom. The van der Waals surface area contributed by atoms with Crippen LogP contribution in [0.15, 0.2) is 84.6 Å². The molecule has 3 aliphatic rings. The number of hydrogen-bond donors (Lipinski definition) is 0. The summed E-state index contributed by atoms with van der Waals surface area (Å²) >= 11 is 0. The van der Waals surface area contributed by atoms with Gasteiger partial charge >= 0.3 is 5.78 Å². The number of hydrogen-bond acceptors (Lipinski definition) is 3. The molecule has 0 aromatic heterocycles. The molecule has 0 amide bonds. The van der Waals surface area contributed by atoms with Crippen molar-refractivity contribution in [2.45, 2.75) is 6.92 Å². The molecule has 0 unspecified atom stereocenters. The lowest BCUT2D eigenvalue weighted by Crippen LogP contribution is -2.18. The lowest BCUT2D eigenvalue weighted by Gasteiger charge is -2.19. The second-order valence-electron chi connectivity index (χ2n) is 5.56. The third-order valence-corrected chi connectivity index (χ3v) is 3.92. The fourth-order valence-corrected chi connectivity index (χ4v) is 2.46. The van der Waals surface area contributed by atoms with E-state index in [1.165, 1.54) is 23.3 Å². The number of ketones is 2. The second-order valence-corrected chi connectivity index (χ2v) is 5.56. The van der Waals surface area contributed by atoms with E-state index in [-0.39, 0.29) is 5.78 Å². The Labute approximate surface area is 142 Å². The van der Waals surface area contributed by atoms with E-state index in [1.54, 1.807) is 12.2 Å². The maximum atomic E-state index is 11.0. The summed E-state index contributed by atoms with van der Waals surface area (Å²) in [6.07, 6.45) is 23.2. The quantitative estimate of drug-likeness (QED) is 0.590. The van der Waals surface area contributed by atoms with Crippen molar-refractivity contribution in [3.05, 3.63) is 84.6 Å². The smallest absolute Gasteiger partial charge is 0.343 e. The Morgan fingerprint density at radius 1 is 0.792 bits per heavy atom. The molecule has 0 spiro atoms. The van der Waals surface area contributed by atoms with Crippen molar-refractivity contribution in [2.75, 3.05) is 19.7 Å². The molecule has 1 aliphatic carbocycles. The van der Waals surface area contributed by atoms with E-state index in [9.17, 15) is 4.79 Å². The summed E-state index contributed by atoms with van der Waals surface area (Å²) in [4.78, 5) is 15.3. The predicted octanol–water partition coefficient (Wildman–Crippen LogP) is 2.79. The highest BCUT2D eigenvalue weighted by atomic mass is 16.4. The molecule has 3 rings (SSSR count). The molecule has 122 valence electrons. The molecule has 0 aromatic carbocycles. The normalized spacial score (nSPS) is 19.0. The first-order valence-corrected chi connectivity index (χ1v) is 8.13. The molecule has 0 saturated carbocycles. The molecule has 0 fully saturated rings. The van der Waals surface area contributed by atoms with Gasteiger partial charge in [0.25, 0.3) is 6.61 Å². The maximum Gasteiger partial charge on any atom is 0.343 e. The van der Waals surface area contributed by atoms with Crippen LogP contribution in [0.25, 0.3) is 0 Å². The van der Waals surface area contributed by atoms with Crippen molar-refractivity contribution in [1.29, 1.82) is 0 Å². The summed E-state index contributed by atoms with van der Waals surface area (Å²) in [5.74, 6) is 0.720. The molecule has 0 saturated heterocycles. The van der Waals surface area contributed by atoms with Crippen molar-refractivity contribution in [1.82, 2.24) is 9.80 Å². The second kappa shape index (κ2) is 7.59. The lowest BCUT2D eigenvalue weighted by atomic mass is 10.0. The van der Waals surface area contributed by atoms with Crippen LogP contribution < -0.4 is 0 Å². The Bertz CT molecular complexity index is 696. The van der Waals surface area contributed by atoms with Crippen LogP contribution in [-0.2, 0) is 9.22 Å². The molecule has 24 heavy (non-hydrogen) atoms. The van der Waals surface area contributed by atoms with Crippen molar-refractivity contribution in [3.63, 3.8) is 0 Å². The molecular formula is C20H21N2O2+. The molecule has 0 atom stereocenters. The number of nitrogens with zero attached hydrogens (tertiary/aromatic N) is 2. The standard InChI is InChI=1S/C20H21N2O2/c1-2-21-11-7-17(8-12-21)18-9-13-22(14-10-18)15-16-24-20-5-3-19(23)4-6-20/h3-14H,2,15-16H2,1H3/q+1. The van der Waals surface area contributed by atoms with Crippen molar-refractivity contribution >= 4 is 11.6 Å². The number of carbonyl (C=O) groups is 1. The average Bonchev–Trinajstić information content (AvgIpc) is 2.64. The molecule has 4 nitrogen and oxygen atoms in total. The summed E-state index contributed by atoms with van der Waals surface area (Å²) in [6.45, 7) is 4.42. The van der Waals surface area contributed by atoms with E-state index in [4.69, 9.17) is 4.42 Å². The molecule has 0 radical (unpaired) electrons. The minimum atomic E-state index is -0.00215. The van der Waals surface area contributed by atoms with Crippen LogP contribution in [0.4, 0.5) is 0 Å². The Morgan fingerprint density at radius 2 is 1.33 bits per heavy atom. The Hall–Kier alpha value is -2.88. The van der Waals surface area contributed by atoms with Gasteiger partial charge in [-0.05, 0) is 54.5 Å². The van der Waals surface area contributed by atoms with Crippen molar-refractivity contribution in [3.8, 4) is 0 Å². The summed E-state index contributed by atoms with van der Waals surface area (Å²) in [5.41, 5.74) is 2.40. The number of rotatable bonds is 4. The van der Waals surface area contributed by atoms with Crippen molar-refractivity contribution in [2.24, 2.45) is 0 Å². The summed E-state index contributed by atoms with van der Waals surface area (Å²) < 4.78 is 5.64. The van der Waals surface area contributed by atoms with Crippen LogP contribution in [0.3, 0.4) is 0 Å². The van der Waals surface area contributed by atoms with E-state index in [2.05, 4.69) is 65.8 Å². The van der Waals surface area contributed by atoms with Crippen molar-refractivity contribution < 1.29 is 9.22 Å². The molecule has 2 heterocycles. The summed E-state index contributed by atoms with van der Waals surface area (Å²) in [5, 5.41) is 0. The minimum Gasteiger partial charge on any atom is -0.354 e. The monoisotopic (exact) mass is 321 g/mol. The largest absolute Gasteiger partial charge is 0.354 e. The third kappa shape index (κ3) is 4.10. The minimum absolute atomic E-state index is 0.00215. The fourth-order valence-electron chi connectivity index (χ4n) is 2.46. The van der Waals surface area contributed by atoms with E-state index in [1.807, 2.05) is 0 Å². The van der Waals surface area contributed by atoms with Gasteiger partial charge in [-0.2, -0.15) is 0 Å². The topological polar surface area (TPSA) is 34.9 Å². The van der Waals surface area contributed by atoms with Crippen LogP contribution in [-0.4, -0.2) is 41.1 Å². The van der Waals surface area contributed by atoms with Crippen LogP contribution in [0.5, 0.6) is 0 Å². The summed E-state index contributed by atoms with van der Waals surface area (Å²) in [7, 11) is 0.